The number of benzene rings is 2. The summed E-state index contributed by atoms with van der Waals surface area (Å²) in [6.45, 7) is 4.28. The number of nitrogens with zero attached hydrogens (tertiary/aromatic N) is 2. The van der Waals surface area contributed by atoms with E-state index in [1.807, 2.05) is 30.3 Å². The van der Waals surface area contributed by atoms with E-state index in [-0.39, 0.29) is 18.4 Å². The van der Waals surface area contributed by atoms with Crippen LogP contribution >= 0.6 is 0 Å². The number of hydrogen-bond acceptors (Lipinski definition) is 5. The summed E-state index contributed by atoms with van der Waals surface area (Å²) in [6.07, 6.45) is -3.45. The van der Waals surface area contributed by atoms with Crippen LogP contribution in [-0.4, -0.2) is 69.9 Å². The van der Waals surface area contributed by atoms with Crippen LogP contribution < -0.4 is 15.0 Å². The molecule has 190 valence electrons. The van der Waals surface area contributed by atoms with Crippen molar-refractivity contribution in [2.75, 3.05) is 57.9 Å². The highest BCUT2D eigenvalue weighted by Crippen LogP contribution is 2.39. The monoisotopic (exact) mass is 491 g/mol. The minimum Gasteiger partial charge on any atom is -0.492 e. The fourth-order valence-electron chi connectivity index (χ4n) is 4.93. The lowest BCUT2D eigenvalue weighted by molar-refractivity contribution is -0.137. The van der Waals surface area contributed by atoms with E-state index < -0.39 is 17.7 Å². The van der Waals surface area contributed by atoms with Gasteiger partial charge in [0.1, 0.15) is 12.4 Å². The molecule has 0 radical (unpaired) electrons. The second kappa shape index (κ2) is 11.3. The van der Waals surface area contributed by atoms with E-state index in [1.165, 1.54) is 6.07 Å². The van der Waals surface area contributed by atoms with Gasteiger partial charge in [0.2, 0.25) is 5.91 Å². The SMILES string of the molecule is COCCCNC(=O)C1Cc2cc(C(F)(F)F)ccc2N2CCN(CCOc3ccccc3)CC12. The second-order valence-corrected chi connectivity index (χ2v) is 9.01. The van der Waals surface area contributed by atoms with E-state index in [2.05, 4.69) is 15.1 Å². The number of piperazine rings is 1. The van der Waals surface area contributed by atoms with Crippen molar-refractivity contribution in [3.05, 3.63) is 59.7 Å². The molecule has 0 aliphatic carbocycles. The number of halogens is 3. The lowest BCUT2D eigenvalue weighted by atomic mass is 9.82. The van der Waals surface area contributed by atoms with E-state index in [9.17, 15) is 18.0 Å². The van der Waals surface area contributed by atoms with Gasteiger partial charge in [-0.2, -0.15) is 13.2 Å². The van der Waals surface area contributed by atoms with Crippen LogP contribution in [0.25, 0.3) is 0 Å². The van der Waals surface area contributed by atoms with Crippen LogP contribution in [0, 0.1) is 5.92 Å². The molecule has 9 heteroatoms. The number of anilines is 1. The highest BCUT2D eigenvalue weighted by atomic mass is 19.4. The molecule has 1 fully saturated rings. The number of carbonyl (C=O) groups excluding carboxylic acids is 1. The van der Waals surface area contributed by atoms with Crippen molar-refractivity contribution >= 4 is 11.6 Å². The number of fused-ring (bicyclic) bond motifs is 3. The summed E-state index contributed by atoms with van der Waals surface area (Å²) in [5.41, 5.74) is 0.700. The summed E-state index contributed by atoms with van der Waals surface area (Å²) in [4.78, 5) is 17.6. The Hall–Kier alpha value is -2.78. The van der Waals surface area contributed by atoms with E-state index in [0.29, 0.717) is 51.4 Å². The van der Waals surface area contributed by atoms with Crippen molar-refractivity contribution in [1.29, 1.82) is 0 Å². The maximum absolute atomic E-state index is 13.4. The standard InChI is InChI=1S/C26H32F3N3O3/c1-34-14-5-10-30-25(33)22-17-19-16-20(26(27,28)29)8-9-23(19)32-12-11-31(18-24(22)32)13-15-35-21-6-3-2-4-7-21/h2-4,6-9,16,22,24H,5,10-15,17-18H2,1H3,(H,30,33). The molecule has 0 aromatic heterocycles. The normalized spacial score (nSPS) is 20.2. The van der Waals surface area contributed by atoms with Gasteiger partial charge in [0, 0.05) is 52.1 Å². The van der Waals surface area contributed by atoms with Crippen molar-refractivity contribution < 1.29 is 27.4 Å². The van der Waals surface area contributed by atoms with E-state index >= 15 is 0 Å². The van der Waals surface area contributed by atoms with Crippen LogP contribution in [0.4, 0.5) is 18.9 Å². The zero-order valence-corrected chi connectivity index (χ0v) is 19.9. The number of carbonyl (C=O) groups is 1. The van der Waals surface area contributed by atoms with Gasteiger partial charge in [0.25, 0.3) is 0 Å². The molecule has 2 aliphatic heterocycles. The largest absolute Gasteiger partial charge is 0.492 e. The number of nitrogens with one attached hydrogen (secondary N) is 1. The molecule has 0 spiro atoms. The zero-order chi connectivity index (χ0) is 24.8. The van der Waals surface area contributed by atoms with Gasteiger partial charge >= 0.3 is 6.18 Å². The van der Waals surface area contributed by atoms with Crippen molar-refractivity contribution in [1.82, 2.24) is 10.2 Å². The first-order chi connectivity index (χ1) is 16.9. The third-order valence-corrected chi connectivity index (χ3v) is 6.70. The lowest BCUT2D eigenvalue weighted by Gasteiger charge is -2.49. The van der Waals surface area contributed by atoms with Gasteiger partial charge < -0.3 is 19.7 Å². The Morgan fingerprint density at radius 2 is 1.91 bits per heavy atom. The molecule has 0 bridgehead atoms. The minimum absolute atomic E-state index is 0.118. The van der Waals surface area contributed by atoms with Crippen molar-refractivity contribution in [3.8, 4) is 5.75 Å². The minimum atomic E-state index is -4.42. The summed E-state index contributed by atoms with van der Waals surface area (Å²) in [5.74, 6) is 0.249. The van der Waals surface area contributed by atoms with Gasteiger partial charge in [-0.05, 0) is 48.7 Å². The van der Waals surface area contributed by atoms with Gasteiger partial charge in [0.15, 0.2) is 0 Å². The molecule has 2 aromatic carbocycles. The van der Waals surface area contributed by atoms with Gasteiger partial charge in [-0.25, -0.2) is 0 Å². The van der Waals surface area contributed by atoms with E-state index in [0.717, 1.165) is 24.0 Å². The van der Waals surface area contributed by atoms with Gasteiger partial charge in [-0.15, -0.1) is 0 Å². The summed E-state index contributed by atoms with van der Waals surface area (Å²) in [5, 5.41) is 2.96. The average molecular weight is 492 g/mol. The molecule has 2 unspecified atom stereocenters. The molecule has 2 atom stereocenters. The van der Waals surface area contributed by atoms with Crippen LogP contribution in [0.15, 0.2) is 48.5 Å². The Morgan fingerprint density at radius 1 is 1.11 bits per heavy atom. The number of methoxy groups -OCH3 is 1. The Bertz CT molecular complexity index is 987. The smallest absolute Gasteiger partial charge is 0.416 e. The lowest BCUT2D eigenvalue weighted by Crippen LogP contribution is -2.61. The van der Waals surface area contributed by atoms with Gasteiger partial charge in [0.05, 0.1) is 17.5 Å². The molecule has 35 heavy (non-hydrogen) atoms. The molecular weight excluding hydrogens is 459 g/mol. The fraction of sp³-hybridized carbons (Fsp3) is 0.500. The average Bonchev–Trinajstić information content (AvgIpc) is 2.85. The summed E-state index contributed by atoms with van der Waals surface area (Å²) < 4.78 is 51.0. The number of amides is 1. The molecule has 2 aliphatic rings. The van der Waals surface area contributed by atoms with Crippen molar-refractivity contribution in [3.63, 3.8) is 0 Å². The predicted molar refractivity (Wildman–Crippen MR) is 128 cm³/mol. The number of alkyl halides is 3. The maximum Gasteiger partial charge on any atom is 0.416 e. The van der Waals surface area contributed by atoms with Crippen LogP contribution in [0.2, 0.25) is 0 Å². The molecular formula is C26H32F3N3O3. The molecule has 4 rings (SSSR count). The molecule has 1 saturated heterocycles. The number of para-hydroxylation sites is 1. The van der Waals surface area contributed by atoms with Gasteiger partial charge in [-0.3, -0.25) is 9.69 Å². The first-order valence-electron chi connectivity index (χ1n) is 12.0. The molecule has 2 heterocycles. The predicted octanol–water partition coefficient (Wildman–Crippen LogP) is 3.60. The molecule has 2 aromatic rings. The highest BCUT2D eigenvalue weighted by Gasteiger charge is 2.42. The number of rotatable bonds is 9. The molecule has 6 nitrogen and oxygen atoms in total. The van der Waals surface area contributed by atoms with Crippen LogP contribution in [0.1, 0.15) is 17.5 Å². The third kappa shape index (κ3) is 6.27. The topological polar surface area (TPSA) is 54.0 Å². The van der Waals surface area contributed by atoms with Crippen LogP contribution in [-0.2, 0) is 22.1 Å². The van der Waals surface area contributed by atoms with E-state index in [4.69, 9.17) is 9.47 Å². The summed E-state index contributed by atoms with van der Waals surface area (Å²) in [6, 6.07) is 13.4. The molecule has 1 N–H and O–H groups in total. The maximum atomic E-state index is 13.4. The number of ether oxygens (including phenoxy) is 2. The Kier molecular flexibility index (Phi) is 8.18. The fourth-order valence-corrected chi connectivity index (χ4v) is 4.93. The Balaban J connectivity index is 1.48. The highest BCUT2D eigenvalue weighted by molar-refractivity contribution is 5.82. The van der Waals surface area contributed by atoms with Crippen LogP contribution in [0.3, 0.4) is 0 Å². The summed E-state index contributed by atoms with van der Waals surface area (Å²) >= 11 is 0. The molecule has 1 amide bonds. The summed E-state index contributed by atoms with van der Waals surface area (Å²) in [7, 11) is 1.61. The first-order valence-corrected chi connectivity index (χ1v) is 12.0. The van der Waals surface area contributed by atoms with Crippen molar-refractivity contribution in [2.45, 2.75) is 25.1 Å². The third-order valence-electron chi connectivity index (χ3n) is 6.70. The second-order valence-electron chi connectivity index (χ2n) is 9.01. The van der Waals surface area contributed by atoms with Gasteiger partial charge in [-0.1, -0.05) is 18.2 Å². The Labute approximate surface area is 204 Å². The van der Waals surface area contributed by atoms with E-state index in [1.54, 1.807) is 13.2 Å². The van der Waals surface area contributed by atoms with Crippen molar-refractivity contribution in [2.24, 2.45) is 5.92 Å². The number of hydrogen-bond donors (Lipinski definition) is 1. The molecule has 0 saturated carbocycles. The van der Waals surface area contributed by atoms with Crippen LogP contribution in [0.5, 0.6) is 5.75 Å². The Morgan fingerprint density at radius 3 is 2.66 bits per heavy atom. The quantitative estimate of drug-likeness (QED) is 0.544. The zero-order valence-electron chi connectivity index (χ0n) is 19.9. The first kappa shape index (κ1) is 25.3.